The van der Waals surface area contributed by atoms with E-state index in [1.54, 1.807) is 0 Å². The molecule has 0 fully saturated rings. The number of hydrogen-bond donors (Lipinski definition) is 1. The van der Waals surface area contributed by atoms with Crippen LogP contribution in [0.15, 0.2) is 0 Å². The van der Waals surface area contributed by atoms with Crippen LogP contribution in [0, 0.1) is 5.41 Å². The number of rotatable bonds is 2. The number of hydrogen-bond acceptors (Lipinski definition) is 3. The molecule has 4 heteroatoms. The van der Waals surface area contributed by atoms with E-state index in [9.17, 15) is 8.76 Å². The summed E-state index contributed by atoms with van der Waals surface area (Å²) in [5.41, 5.74) is 0. The normalized spacial score (nSPS) is 13.2. The van der Waals surface area contributed by atoms with Gasteiger partial charge in [-0.25, -0.2) is 0 Å². The van der Waals surface area contributed by atoms with Crippen LogP contribution in [0.25, 0.3) is 0 Å². The van der Waals surface area contributed by atoms with Crippen molar-refractivity contribution in [1.82, 2.24) is 0 Å². The third-order valence-corrected chi connectivity index (χ3v) is 1.28. The van der Waals surface area contributed by atoms with Crippen molar-refractivity contribution in [3.05, 3.63) is 0 Å². The van der Waals surface area contributed by atoms with Crippen molar-refractivity contribution in [3.63, 3.8) is 0 Å². The molecule has 0 aliphatic heterocycles. The molecular formula is C4H8NO2S-. The Balaban J connectivity index is 3.49. The second-order valence-corrected chi connectivity index (χ2v) is 2.37. The van der Waals surface area contributed by atoms with Crippen molar-refractivity contribution in [3.8, 4) is 0 Å². The van der Waals surface area contributed by atoms with Crippen molar-refractivity contribution in [2.45, 2.75) is 19.8 Å². The quantitative estimate of drug-likeness (QED) is 0.342. The van der Waals surface area contributed by atoms with Crippen molar-refractivity contribution < 1.29 is 8.76 Å². The van der Waals surface area contributed by atoms with Crippen molar-refractivity contribution in [1.29, 1.82) is 5.41 Å². The summed E-state index contributed by atoms with van der Waals surface area (Å²) in [5, 5.41) is 6.53. The lowest BCUT2D eigenvalue weighted by molar-refractivity contribution is 0.548. The zero-order valence-electron chi connectivity index (χ0n) is 4.64. The van der Waals surface area contributed by atoms with Crippen LogP contribution in [0.1, 0.15) is 19.8 Å². The van der Waals surface area contributed by atoms with Crippen LogP contribution >= 0.6 is 0 Å². The van der Waals surface area contributed by atoms with E-state index in [1.807, 2.05) is 6.92 Å². The summed E-state index contributed by atoms with van der Waals surface area (Å²) in [6.45, 7) is 1.83. The molecule has 0 aliphatic rings. The second kappa shape index (κ2) is 3.74. The molecule has 3 nitrogen and oxygen atoms in total. The van der Waals surface area contributed by atoms with Gasteiger partial charge in [0.25, 0.3) is 0 Å². The molecule has 0 spiro atoms. The fraction of sp³-hybridized carbons (Fsp3) is 0.750. The summed E-state index contributed by atoms with van der Waals surface area (Å²) in [5.74, 6) is 0. The largest absolute Gasteiger partial charge is 0.767 e. The summed E-state index contributed by atoms with van der Waals surface area (Å²) in [6.07, 6.45) is 1.07. The molecule has 48 valence electrons. The average molecular weight is 134 g/mol. The molecule has 1 unspecified atom stereocenters. The van der Waals surface area contributed by atoms with Gasteiger partial charge in [-0.15, -0.1) is 0 Å². The van der Waals surface area contributed by atoms with Crippen LogP contribution in [0.2, 0.25) is 0 Å². The summed E-state index contributed by atoms with van der Waals surface area (Å²) in [4.78, 5) is 0. The van der Waals surface area contributed by atoms with E-state index in [0.29, 0.717) is 12.8 Å². The first-order valence-corrected chi connectivity index (χ1v) is 3.42. The highest BCUT2D eigenvalue weighted by atomic mass is 32.2. The first-order chi connectivity index (χ1) is 3.68. The fourth-order valence-electron chi connectivity index (χ4n) is 0.310. The summed E-state index contributed by atoms with van der Waals surface area (Å²) >= 11 is -2.28. The molecule has 0 aromatic rings. The van der Waals surface area contributed by atoms with Crippen LogP contribution in [0.3, 0.4) is 0 Å². The van der Waals surface area contributed by atoms with Crippen LogP contribution in [-0.2, 0) is 11.1 Å². The van der Waals surface area contributed by atoms with E-state index in [-0.39, 0.29) is 5.04 Å². The molecule has 1 N–H and O–H groups in total. The maximum absolute atomic E-state index is 9.86. The van der Waals surface area contributed by atoms with Gasteiger partial charge in [-0.2, -0.15) is 0 Å². The lowest BCUT2D eigenvalue weighted by atomic mass is 10.4. The number of nitrogens with one attached hydrogen (secondary N) is 1. The average Bonchev–Trinajstić information content (AvgIpc) is 1.67. The van der Waals surface area contributed by atoms with E-state index < -0.39 is 11.1 Å². The molecule has 0 amide bonds. The van der Waals surface area contributed by atoms with E-state index in [1.165, 1.54) is 0 Å². The minimum absolute atomic E-state index is 0.201. The first kappa shape index (κ1) is 7.78. The summed E-state index contributed by atoms with van der Waals surface area (Å²) in [7, 11) is 0. The molecule has 0 heterocycles. The van der Waals surface area contributed by atoms with Crippen LogP contribution in [0.5, 0.6) is 0 Å². The zero-order valence-corrected chi connectivity index (χ0v) is 5.46. The Hall–Kier alpha value is -0.220. The van der Waals surface area contributed by atoms with E-state index in [0.717, 1.165) is 0 Å². The van der Waals surface area contributed by atoms with Gasteiger partial charge >= 0.3 is 0 Å². The molecular weight excluding hydrogens is 126 g/mol. The molecule has 1 atom stereocenters. The smallest absolute Gasteiger partial charge is 0.0812 e. The Bertz CT molecular complexity index is 113. The Morgan fingerprint density at radius 1 is 1.88 bits per heavy atom. The summed E-state index contributed by atoms with van der Waals surface area (Å²) < 4.78 is 19.7. The molecule has 0 radical (unpaired) electrons. The van der Waals surface area contributed by atoms with Gasteiger partial charge in [0, 0.05) is 0 Å². The molecule has 0 aliphatic carbocycles. The molecule has 0 rings (SSSR count). The summed E-state index contributed by atoms with van der Waals surface area (Å²) in [6, 6.07) is 0. The fourth-order valence-corrected chi connectivity index (χ4v) is 0.681. The van der Waals surface area contributed by atoms with Gasteiger partial charge in [0.15, 0.2) is 0 Å². The van der Waals surface area contributed by atoms with Gasteiger partial charge in [0.05, 0.1) is 5.04 Å². The van der Waals surface area contributed by atoms with E-state index >= 15 is 0 Å². The molecule has 0 aromatic carbocycles. The molecule has 0 bridgehead atoms. The van der Waals surface area contributed by atoms with Crippen LogP contribution in [-0.4, -0.2) is 13.8 Å². The van der Waals surface area contributed by atoms with E-state index in [4.69, 9.17) is 5.41 Å². The third kappa shape index (κ3) is 2.87. The van der Waals surface area contributed by atoms with Gasteiger partial charge in [-0.05, 0) is 17.5 Å². The molecule has 0 saturated heterocycles. The SMILES string of the molecule is CCCC(=N)S(=O)[O-]. The Morgan fingerprint density at radius 2 is 2.38 bits per heavy atom. The monoisotopic (exact) mass is 134 g/mol. The maximum Gasteiger partial charge on any atom is 0.0812 e. The highest BCUT2D eigenvalue weighted by Crippen LogP contribution is 1.90. The van der Waals surface area contributed by atoms with E-state index in [2.05, 4.69) is 0 Å². The third-order valence-electron chi connectivity index (χ3n) is 0.678. The van der Waals surface area contributed by atoms with Gasteiger partial charge in [-0.1, -0.05) is 13.3 Å². The van der Waals surface area contributed by atoms with Gasteiger partial charge in [-0.3, -0.25) is 9.62 Å². The standard InChI is InChI=1S/C4H9NO2S/c1-2-3-4(5)8(6)7/h5H,2-3H2,1H3,(H,6,7)/p-1. The Labute approximate surface area is 50.9 Å². The zero-order chi connectivity index (χ0) is 6.57. The highest BCUT2D eigenvalue weighted by molar-refractivity contribution is 7.95. The van der Waals surface area contributed by atoms with Crippen molar-refractivity contribution >= 4 is 16.1 Å². The lowest BCUT2D eigenvalue weighted by Crippen LogP contribution is -2.02. The minimum Gasteiger partial charge on any atom is -0.767 e. The van der Waals surface area contributed by atoms with Gasteiger partial charge in [0.2, 0.25) is 0 Å². The molecule has 8 heavy (non-hydrogen) atoms. The van der Waals surface area contributed by atoms with Crippen LogP contribution < -0.4 is 0 Å². The van der Waals surface area contributed by atoms with Crippen LogP contribution in [0.4, 0.5) is 0 Å². The van der Waals surface area contributed by atoms with Gasteiger partial charge in [0.1, 0.15) is 0 Å². The Kier molecular flexibility index (Phi) is 3.64. The molecule has 0 aromatic heterocycles. The van der Waals surface area contributed by atoms with Crippen molar-refractivity contribution in [2.24, 2.45) is 0 Å². The van der Waals surface area contributed by atoms with Crippen molar-refractivity contribution in [2.75, 3.05) is 0 Å². The predicted octanol–water partition coefficient (Wildman–Crippen LogP) is 0.643. The van der Waals surface area contributed by atoms with Gasteiger partial charge < -0.3 is 4.55 Å². The lowest BCUT2D eigenvalue weighted by Gasteiger charge is -2.02. The first-order valence-electron chi connectivity index (χ1n) is 2.35. The Morgan fingerprint density at radius 3 is 2.50 bits per heavy atom. The maximum atomic E-state index is 9.86. The molecule has 0 saturated carbocycles. The second-order valence-electron chi connectivity index (χ2n) is 1.41. The predicted molar refractivity (Wildman–Crippen MR) is 31.6 cm³/mol. The minimum atomic E-state index is -2.28. The highest BCUT2D eigenvalue weighted by Gasteiger charge is 1.90. The topological polar surface area (TPSA) is 64.0 Å².